The summed E-state index contributed by atoms with van der Waals surface area (Å²) in [6, 6.07) is 10.7. The second-order valence-electron chi connectivity index (χ2n) is 5.48. The maximum atomic E-state index is 13.0. The van der Waals surface area contributed by atoms with Crippen LogP contribution in [-0.4, -0.2) is 11.7 Å². The summed E-state index contributed by atoms with van der Waals surface area (Å²) in [7, 11) is 0. The van der Waals surface area contributed by atoms with E-state index in [2.05, 4.69) is 15.9 Å². The number of hydrogen-bond donors (Lipinski definition) is 0. The van der Waals surface area contributed by atoms with Crippen LogP contribution in [0.3, 0.4) is 0 Å². The van der Waals surface area contributed by atoms with Crippen molar-refractivity contribution in [1.82, 2.24) is 0 Å². The van der Waals surface area contributed by atoms with Crippen molar-refractivity contribution in [2.45, 2.75) is 18.5 Å². The van der Waals surface area contributed by atoms with Crippen molar-refractivity contribution in [2.24, 2.45) is 0 Å². The highest BCUT2D eigenvalue weighted by Crippen LogP contribution is 2.43. The number of benzene rings is 2. The second-order valence-corrected chi connectivity index (χ2v) is 7.41. The highest BCUT2D eigenvalue weighted by atomic mass is 79.9. The molecule has 2 aromatic carbocycles. The molecular formula is C17H13BrF3NOS. The number of alkyl halides is 3. The molecule has 2 nitrogen and oxygen atoms in total. The third-order valence-corrected chi connectivity index (χ3v) is 5.89. The Bertz CT molecular complexity index is 794. The lowest BCUT2D eigenvalue weighted by Crippen LogP contribution is -2.28. The van der Waals surface area contributed by atoms with E-state index < -0.39 is 17.1 Å². The number of amides is 1. The molecule has 1 atom stereocenters. The van der Waals surface area contributed by atoms with Crippen molar-refractivity contribution < 1.29 is 18.0 Å². The molecule has 1 aliphatic heterocycles. The summed E-state index contributed by atoms with van der Waals surface area (Å²) in [6.07, 6.45) is -4.40. The molecule has 1 heterocycles. The molecule has 3 rings (SSSR count). The predicted molar refractivity (Wildman–Crippen MR) is 93.0 cm³/mol. The van der Waals surface area contributed by atoms with Gasteiger partial charge in [-0.2, -0.15) is 13.2 Å². The molecule has 1 saturated heterocycles. The standard InChI is InChI=1S/C17H13BrF3NOS/c1-10-7-13(5-6-14(10)18)22-15(23)9-24-16(22)11-3-2-4-12(8-11)17(19,20)21/h2-8,16H,9H2,1H3. The van der Waals surface area contributed by atoms with E-state index in [1.54, 1.807) is 17.0 Å². The summed E-state index contributed by atoms with van der Waals surface area (Å²) in [6.45, 7) is 1.90. The van der Waals surface area contributed by atoms with Crippen LogP contribution in [0.1, 0.15) is 22.1 Å². The first-order valence-electron chi connectivity index (χ1n) is 7.14. The highest BCUT2D eigenvalue weighted by molar-refractivity contribution is 9.10. The Labute approximate surface area is 150 Å². The third kappa shape index (κ3) is 3.32. The Balaban J connectivity index is 2.01. The van der Waals surface area contributed by atoms with Crippen LogP contribution in [0.4, 0.5) is 18.9 Å². The van der Waals surface area contributed by atoms with Crippen molar-refractivity contribution in [3.8, 4) is 0 Å². The van der Waals surface area contributed by atoms with E-state index >= 15 is 0 Å². The minimum Gasteiger partial charge on any atom is -0.295 e. The van der Waals surface area contributed by atoms with Crippen molar-refractivity contribution in [3.63, 3.8) is 0 Å². The summed E-state index contributed by atoms with van der Waals surface area (Å²) in [5, 5.41) is -0.458. The van der Waals surface area contributed by atoms with E-state index in [1.807, 2.05) is 19.1 Å². The molecule has 0 aliphatic carbocycles. The first kappa shape index (κ1) is 17.4. The summed E-state index contributed by atoms with van der Waals surface area (Å²) in [5.41, 5.74) is 1.42. The topological polar surface area (TPSA) is 20.3 Å². The van der Waals surface area contributed by atoms with E-state index in [0.717, 1.165) is 22.2 Å². The molecular weight excluding hydrogens is 403 g/mol. The molecule has 7 heteroatoms. The average molecular weight is 416 g/mol. The van der Waals surface area contributed by atoms with Crippen LogP contribution in [0.5, 0.6) is 0 Å². The zero-order valence-corrected chi connectivity index (χ0v) is 15.0. The molecule has 0 N–H and O–H groups in total. The summed E-state index contributed by atoms with van der Waals surface area (Å²) >= 11 is 4.74. The fourth-order valence-electron chi connectivity index (χ4n) is 2.60. The van der Waals surface area contributed by atoms with E-state index in [0.29, 0.717) is 11.3 Å². The van der Waals surface area contributed by atoms with Crippen LogP contribution >= 0.6 is 27.7 Å². The molecule has 126 valence electrons. The summed E-state index contributed by atoms with van der Waals surface area (Å²) in [4.78, 5) is 13.9. The molecule has 1 amide bonds. The number of nitrogens with zero attached hydrogens (tertiary/aromatic N) is 1. The van der Waals surface area contributed by atoms with E-state index in [9.17, 15) is 18.0 Å². The SMILES string of the molecule is Cc1cc(N2C(=O)CSC2c2cccc(C(F)(F)F)c2)ccc1Br. The molecule has 0 radical (unpaired) electrons. The van der Waals surface area contributed by atoms with Crippen LogP contribution in [0.2, 0.25) is 0 Å². The van der Waals surface area contributed by atoms with Crippen LogP contribution in [0, 0.1) is 6.92 Å². The van der Waals surface area contributed by atoms with E-state index in [4.69, 9.17) is 0 Å². The lowest BCUT2D eigenvalue weighted by molar-refractivity contribution is -0.137. The summed E-state index contributed by atoms with van der Waals surface area (Å²) < 4.78 is 39.8. The summed E-state index contributed by atoms with van der Waals surface area (Å²) in [5.74, 6) is 0.139. The molecule has 1 fully saturated rings. The number of aryl methyl sites for hydroxylation is 1. The van der Waals surface area contributed by atoms with Gasteiger partial charge in [-0.1, -0.05) is 28.1 Å². The number of anilines is 1. The van der Waals surface area contributed by atoms with Crippen LogP contribution in [0.25, 0.3) is 0 Å². The highest BCUT2D eigenvalue weighted by Gasteiger charge is 2.36. The van der Waals surface area contributed by atoms with Gasteiger partial charge in [-0.05, 0) is 48.4 Å². The monoisotopic (exact) mass is 415 g/mol. The van der Waals surface area contributed by atoms with Gasteiger partial charge in [0, 0.05) is 10.2 Å². The lowest BCUT2D eigenvalue weighted by Gasteiger charge is -2.25. The maximum Gasteiger partial charge on any atom is 0.416 e. The molecule has 1 aliphatic rings. The van der Waals surface area contributed by atoms with Crippen LogP contribution < -0.4 is 4.90 Å². The van der Waals surface area contributed by atoms with Gasteiger partial charge in [0.05, 0.1) is 11.3 Å². The minimum absolute atomic E-state index is 0.107. The van der Waals surface area contributed by atoms with Crippen LogP contribution in [0.15, 0.2) is 46.9 Å². The number of rotatable bonds is 2. The van der Waals surface area contributed by atoms with Crippen molar-refractivity contribution in [2.75, 3.05) is 10.7 Å². The quantitative estimate of drug-likeness (QED) is 0.640. The zero-order valence-electron chi connectivity index (χ0n) is 12.6. The van der Waals surface area contributed by atoms with E-state index in [-0.39, 0.29) is 11.7 Å². The van der Waals surface area contributed by atoms with Gasteiger partial charge >= 0.3 is 6.18 Å². The molecule has 1 unspecified atom stereocenters. The van der Waals surface area contributed by atoms with Gasteiger partial charge in [0.25, 0.3) is 0 Å². The van der Waals surface area contributed by atoms with Gasteiger partial charge in [0.15, 0.2) is 0 Å². The Hall–Kier alpha value is -1.47. The minimum atomic E-state index is -4.40. The number of halogens is 4. The largest absolute Gasteiger partial charge is 0.416 e. The first-order chi connectivity index (χ1) is 11.3. The van der Waals surface area contributed by atoms with Gasteiger partial charge in [-0.25, -0.2) is 0 Å². The number of thioether (sulfide) groups is 1. The fourth-order valence-corrected chi connectivity index (χ4v) is 4.01. The van der Waals surface area contributed by atoms with Crippen molar-refractivity contribution in [1.29, 1.82) is 0 Å². The third-order valence-electron chi connectivity index (χ3n) is 3.79. The smallest absolute Gasteiger partial charge is 0.295 e. The van der Waals surface area contributed by atoms with Crippen LogP contribution in [-0.2, 0) is 11.0 Å². The molecule has 2 aromatic rings. The zero-order chi connectivity index (χ0) is 17.5. The fraction of sp³-hybridized carbons (Fsp3) is 0.235. The molecule has 0 saturated carbocycles. The Morgan fingerprint density at radius 3 is 2.62 bits per heavy atom. The predicted octanol–water partition coefficient (Wildman–Crippen LogP) is 5.55. The van der Waals surface area contributed by atoms with Gasteiger partial charge < -0.3 is 0 Å². The van der Waals surface area contributed by atoms with E-state index in [1.165, 1.54) is 17.8 Å². The number of carbonyl (C=O) groups is 1. The Morgan fingerprint density at radius 1 is 1.21 bits per heavy atom. The molecule has 0 spiro atoms. The van der Waals surface area contributed by atoms with Crippen molar-refractivity contribution >= 4 is 39.3 Å². The maximum absolute atomic E-state index is 13.0. The molecule has 24 heavy (non-hydrogen) atoms. The normalized spacial score (nSPS) is 18.3. The Morgan fingerprint density at radius 2 is 1.96 bits per heavy atom. The van der Waals surface area contributed by atoms with Gasteiger partial charge in [0.2, 0.25) is 5.91 Å². The molecule has 0 bridgehead atoms. The second kappa shape index (κ2) is 6.44. The number of hydrogen-bond acceptors (Lipinski definition) is 2. The number of carbonyl (C=O) groups excluding carboxylic acids is 1. The van der Waals surface area contributed by atoms with Gasteiger partial charge in [-0.15, -0.1) is 11.8 Å². The van der Waals surface area contributed by atoms with Gasteiger partial charge in [-0.3, -0.25) is 9.69 Å². The lowest BCUT2D eigenvalue weighted by atomic mass is 10.1. The first-order valence-corrected chi connectivity index (χ1v) is 8.98. The average Bonchev–Trinajstić information content (AvgIpc) is 2.91. The Kier molecular flexibility index (Phi) is 4.66. The molecule has 0 aromatic heterocycles. The van der Waals surface area contributed by atoms with Gasteiger partial charge in [0.1, 0.15) is 5.37 Å². The van der Waals surface area contributed by atoms with Crippen molar-refractivity contribution in [3.05, 3.63) is 63.6 Å².